The number of ketones is 1. The van der Waals surface area contributed by atoms with E-state index in [2.05, 4.69) is 5.32 Å². The molecule has 8 heteroatoms. The Morgan fingerprint density at radius 1 is 0.795 bits per heavy atom. The maximum atomic E-state index is 13.5. The fraction of sp³-hybridized carbons (Fsp3) is 0.194. The van der Waals surface area contributed by atoms with Crippen LogP contribution >= 0.6 is 0 Å². The van der Waals surface area contributed by atoms with Crippen molar-refractivity contribution in [3.05, 3.63) is 143 Å². The highest BCUT2D eigenvalue weighted by Crippen LogP contribution is 2.36. The van der Waals surface area contributed by atoms with Gasteiger partial charge >= 0.3 is 12.1 Å². The van der Waals surface area contributed by atoms with Crippen LogP contribution in [0.2, 0.25) is 0 Å². The molecule has 44 heavy (non-hydrogen) atoms. The molecular formula is C36H31F2NO5. The maximum absolute atomic E-state index is 13.5. The number of rotatable bonds is 10. The van der Waals surface area contributed by atoms with Gasteiger partial charge in [0.2, 0.25) is 0 Å². The molecule has 1 aliphatic heterocycles. The molecule has 0 atom stereocenters. The van der Waals surface area contributed by atoms with Crippen molar-refractivity contribution >= 4 is 29.6 Å². The van der Waals surface area contributed by atoms with Gasteiger partial charge < -0.3 is 9.47 Å². The lowest BCUT2D eigenvalue weighted by molar-refractivity contribution is -0.164. The highest BCUT2D eigenvalue weighted by molar-refractivity contribution is 6.22. The number of benzene rings is 4. The summed E-state index contributed by atoms with van der Waals surface area (Å²) in [6.07, 6.45) is 2.43. The van der Waals surface area contributed by atoms with Crippen LogP contribution < -0.4 is 5.32 Å². The van der Waals surface area contributed by atoms with E-state index in [0.717, 1.165) is 16.7 Å². The SMILES string of the molecule is O=C(Nc1cccc(C=C2C(=O)CC(CCc3ccc(F)cc3)(CCc3ccc(F)cc3)OC2=O)c1)OCc1ccccc1. The predicted octanol–water partition coefficient (Wildman–Crippen LogP) is 7.62. The van der Waals surface area contributed by atoms with E-state index < -0.39 is 17.7 Å². The Balaban J connectivity index is 1.28. The number of halogens is 2. The van der Waals surface area contributed by atoms with Crippen molar-refractivity contribution in [2.45, 2.75) is 44.3 Å². The third-order valence-electron chi connectivity index (χ3n) is 7.53. The van der Waals surface area contributed by atoms with Crippen LogP contribution in [-0.4, -0.2) is 23.4 Å². The van der Waals surface area contributed by atoms with Crippen LogP contribution in [0.4, 0.5) is 19.3 Å². The van der Waals surface area contributed by atoms with Crippen LogP contribution in [0.25, 0.3) is 6.08 Å². The fourth-order valence-corrected chi connectivity index (χ4v) is 5.13. The Labute approximate surface area is 254 Å². The third-order valence-corrected chi connectivity index (χ3v) is 7.53. The first-order chi connectivity index (χ1) is 21.3. The summed E-state index contributed by atoms with van der Waals surface area (Å²) in [6, 6.07) is 28.1. The first-order valence-corrected chi connectivity index (χ1v) is 14.3. The second kappa shape index (κ2) is 13.9. The van der Waals surface area contributed by atoms with Crippen LogP contribution in [-0.2, 0) is 38.5 Å². The molecule has 6 nitrogen and oxygen atoms in total. The molecule has 1 aliphatic rings. The molecular weight excluding hydrogens is 564 g/mol. The summed E-state index contributed by atoms with van der Waals surface area (Å²) in [6.45, 7) is 0.112. The lowest BCUT2D eigenvalue weighted by atomic mass is 9.81. The number of ether oxygens (including phenoxy) is 2. The molecule has 0 unspecified atom stereocenters. The van der Waals surface area contributed by atoms with Gasteiger partial charge in [-0.2, -0.15) is 0 Å². The molecule has 0 aromatic heterocycles. The number of carbonyl (C=O) groups excluding carboxylic acids is 3. The van der Waals surface area contributed by atoms with Gasteiger partial charge in [0.15, 0.2) is 5.78 Å². The van der Waals surface area contributed by atoms with Gasteiger partial charge in [-0.25, -0.2) is 18.4 Å². The molecule has 1 heterocycles. The molecule has 5 rings (SSSR count). The van der Waals surface area contributed by atoms with E-state index in [4.69, 9.17) is 9.47 Å². The molecule has 1 amide bonds. The van der Waals surface area contributed by atoms with Gasteiger partial charge in [-0.15, -0.1) is 0 Å². The predicted molar refractivity (Wildman–Crippen MR) is 163 cm³/mol. The average Bonchev–Trinajstić information content (AvgIpc) is 3.02. The van der Waals surface area contributed by atoms with Crippen molar-refractivity contribution in [2.24, 2.45) is 0 Å². The molecule has 0 radical (unpaired) electrons. The minimum absolute atomic E-state index is 0.0310. The quantitative estimate of drug-likeness (QED) is 0.116. The number of carbonyl (C=O) groups is 3. The lowest BCUT2D eigenvalue weighted by Gasteiger charge is -2.37. The Morgan fingerprint density at radius 3 is 2.00 bits per heavy atom. The largest absolute Gasteiger partial charge is 0.455 e. The normalized spacial score (nSPS) is 15.1. The summed E-state index contributed by atoms with van der Waals surface area (Å²) < 4.78 is 38.2. The number of nitrogens with one attached hydrogen (secondary N) is 1. The number of Topliss-reactive ketones (excluding diaryl/α,β-unsaturated/α-hetero) is 1. The van der Waals surface area contributed by atoms with Crippen LogP contribution in [0.15, 0.2) is 109 Å². The van der Waals surface area contributed by atoms with Crippen molar-refractivity contribution in [1.29, 1.82) is 0 Å². The first-order valence-electron chi connectivity index (χ1n) is 14.3. The van der Waals surface area contributed by atoms with Crippen molar-refractivity contribution in [3.8, 4) is 0 Å². The van der Waals surface area contributed by atoms with Gasteiger partial charge in [0, 0.05) is 5.69 Å². The molecule has 4 aromatic carbocycles. The average molecular weight is 596 g/mol. The van der Waals surface area contributed by atoms with Crippen LogP contribution in [0, 0.1) is 11.6 Å². The molecule has 0 saturated carbocycles. The second-order valence-corrected chi connectivity index (χ2v) is 10.8. The third kappa shape index (κ3) is 8.25. The van der Waals surface area contributed by atoms with E-state index in [9.17, 15) is 23.2 Å². The first kappa shape index (κ1) is 30.4. The van der Waals surface area contributed by atoms with E-state index >= 15 is 0 Å². The Morgan fingerprint density at radius 2 is 1.41 bits per heavy atom. The van der Waals surface area contributed by atoms with Gasteiger partial charge in [0.05, 0.1) is 6.42 Å². The standard InChI is InChI=1S/C36H31F2NO5/c37-29-13-9-25(10-14-29)17-19-36(20-18-26-11-15-30(38)16-12-26)23-33(40)32(34(41)44-36)22-28-7-4-8-31(21-28)39-35(42)43-24-27-5-2-1-3-6-27/h1-16,21-22H,17-20,23-24H2,(H,39,42). The van der Waals surface area contributed by atoms with Crippen molar-refractivity contribution in [3.63, 3.8) is 0 Å². The summed E-state index contributed by atoms with van der Waals surface area (Å²) >= 11 is 0. The molecule has 0 bridgehead atoms. The number of hydrogen-bond donors (Lipinski definition) is 1. The number of cyclic esters (lactones) is 1. The summed E-state index contributed by atoms with van der Waals surface area (Å²) in [7, 11) is 0. The highest BCUT2D eigenvalue weighted by Gasteiger charge is 2.43. The zero-order chi connectivity index (χ0) is 30.9. The zero-order valence-electron chi connectivity index (χ0n) is 23.9. The molecule has 1 saturated heterocycles. The second-order valence-electron chi connectivity index (χ2n) is 10.8. The highest BCUT2D eigenvalue weighted by atomic mass is 19.1. The molecule has 0 aliphatic carbocycles. The number of anilines is 1. The van der Waals surface area contributed by atoms with E-state index in [-0.39, 0.29) is 36.0 Å². The summed E-state index contributed by atoms with van der Waals surface area (Å²) in [5, 5.41) is 2.66. The van der Waals surface area contributed by atoms with Gasteiger partial charge in [0.25, 0.3) is 0 Å². The fourth-order valence-electron chi connectivity index (χ4n) is 5.13. The topological polar surface area (TPSA) is 81.7 Å². The van der Waals surface area contributed by atoms with Crippen LogP contribution in [0.3, 0.4) is 0 Å². The molecule has 0 spiro atoms. The minimum atomic E-state index is -1.08. The van der Waals surface area contributed by atoms with Gasteiger partial charge in [-0.3, -0.25) is 10.1 Å². The summed E-state index contributed by atoms with van der Waals surface area (Å²) in [5.74, 6) is -1.80. The van der Waals surface area contributed by atoms with E-state index in [0.29, 0.717) is 36.9 Å². The van der Waals surface area contributed by atoms with Gasteiger partial charge in [-0.05, 0) is 90.4 Å². The van der Waals surface area contributed by atoms with Gasteiger partial charge in [0.1, 0.15) is 29.4 Å². The van der Waals surface area contributed by atoms with Crippen LogP contribution in [0.5, 0.6) is 0 Å². The molecule has 1 N–H and O–H groups in total. The number of amides is 1. The van der Waals surface area contributed by atoms with E-state index in [1.165, 1.54) is 30.3 Å². The van der Waals surface area contributed by atoms with E-state index in [1.54, 1.807) is 48.5 Å². The van der Waals surface area contributed by atoms with Crippen molar-refractivity contribution in [1.82, 2.24) is 0 Å². The number of esters is 1. The summed E-state index contributed by atoms with van der Waals surface area (Å²) in [5.41, 5.74) is 2.33. The van der Waals surface area contributed by atoms with Crippen LogP contribution in [0.1, 0.15) is 41.5 Å². The maximum Gasteiger partial charge on any atom is 0.411 e. The molecule has 1 fully saturated rings. The molecule has 4 aromatic rings. The van der Waals surface area contributed by atoms with Gasteiger partial charge in [-0.1, -0.05) is 66.7 Å². The number of aryl methyl sites for hydroxylation is 2. The Bertz CT molecular complexity index is 1580. The summed E-state index contributed by atoms with van der Waals surface area (Å²) in [4.78, 5) is 39.1. The molecule has 224 valence electrons. The van der Waals surface area contributed by atoms with Crippen molar-refractivity contribution < 1.29 is 32.6 Å². The van der Waals surface area contributed by atoms with Crippen molar-refractivity contribution in [2.75, 3.05) is 5.32 Å². The Kier molecular flexibility index (Phi) is 9.59. The lowest BCUT2D eigenvalue weighted by Crippen LogP contribution is -2.44. The monoisotopic (exact) mass is 595 g/mol. The zero-order valence-corrected chi connectivity index (χ0v) is 23.9. The van der Waals surface area contributed by atoms with E-state index in [1.807, 2.05) is 30.3 Å². The number of hydrogen-bond acceptors (Lipinski definition) is 5. The minimum Gasteiger partial charge on any atom is -0.455 e. The smallest absolute Gasteiger partial charge is 0.411 e. The Hall–Kier alpha value is -5.11.